The molecule has 1 saturated heterocycles. The molecule has 0 aliphatic carbocycles. The largest absolute Gasteiger partial charge is 0.334 e. The van der Waals surface area contributed by atoms with E-state index in [1.807, 2.05) is 31.2 Å². The molecule has 4 rings (SSSR count). The van der Waals surface area contributed by atoms with E-state index in [1.165, 1.54) is 11.3 Å². The van der Waals surface area contributed by atoms with Gasteiger partial charge in [0.05, 0.1) is 13.1 Å². The Balaban J connectivity index is 1.26. The lowest BCUT2D eigenvalue weighted by Crippen LogP contribution is -2.48. The summed E-state index contributed by atoms with van der Waals surface area (Å²) in [6, 6.07) is 7.97. The molecule has 2 aromatic heterocycles. The van der Waals surface area contributed by atoms with Crippen molar-refractivity contribution in [3.63, 3.8) is 0 Å². The third-order valence-corrected chi connectivity index (χ3v) is 5.25. The van der Waals surface area contributed by atoms with Crippen LogP contribution in [0.5, 0.6) is 0 Å². The highest BCUT2D eigenvalue weighted by Crippen LogP contribution is 2.21. The average molecular weight is 399 g/mol. The quantitative estimate of drug-likeness (QED) is 0.668. The summed E-state index contributed by atoms with van der Waals surface area (Å²) in [7, 11) is 0. The first kappa shape index (κ1) is 18.7. The van der Waals surface area contributed by atoms with Crippen LogP contribution in [-0.4, -0.2) is 68.8 Å². The van der Waals surface area contributed by atoms with Gasteiger partial charge in [0.25, 0.3) is 5.89 Å². The smallest absolute Gasteiger partial charge is 0.258 e. The van der Waals surface area contributed by atoms with E-state index in [4.69, 9.17) is 4.52 Å². The minimum absolute atomic E-state index is 0.0637. The van der Waals surface area contributed by atoms with Crippen LogP contribution >= 0.6 is 11.3 Å². The lowest BCUT2D eigenvalue weighted by molar-refractivity contribution is -0.117. The molecule has 0 spiro atoms. The third kappa shape index (κ3) is 4.58. The Morgan fingerprint density at radius 2 is 2.00 bits per heavy atom. The number of hydrogen-bond acceptors (Lipinski definition) is 9. The van der Waals surface area contributed by atoms with E-state index >= 15 is 0 Å². The zero-order valence-corrected chi connectivity index (χ0v) is 16.4. The second kappa shape index (κ2) is 8.55. The minimum Gasteiger partial charge on any atom is -0.334 e. The molecule has 1 aliphatic heterocycles. The molecule has 0 bridgehead atoms. The molecule has 0 unspecified atom stereocenters. The van der Waals surface area contributed by atoms with Crippen molar-refractivity contribution in [2.45, 2.75) is 13.5 Å². The molecule has 1 amide bonds. The Morgan fingerprint density at radius 3 is 2.75 bits per heavy atom. The van der Waals surface area contributed by atoms with E-state index in [1.54, 1.807) is 5.51 Å². The Hall–Kier alpha value is -2.69. The number of nitrogens with zero attached hydrogens (tertiary/aromatic N) is 6. The molecule has 1 aromatic carbocycles. The molecule has 0 radical (unpaired) electrons. The molecule has 9 nitrogen and oxygen atoms in total. The molecule has 1 aliphatic rings. The van der Waals surface area contributed by atoms with Gasteiger partial charge in [-0.05, 0) is 18.6 Å². The zero-order valence-electron chi connectivity index (χ0n) is 15.5. The van der Waals surface area contributed by atoms with Gasteiger partial charge in [0, 0.05) is 31.7 Å². The van der Waals surface area contributed by atoms with Crippen LogP contribution in [0.2, 0.25) is 0 Å². The van der Waals surface area contributed by atoms with Crippen LogP contribution in [0.1, 0.15) is 11.4 Å². The summed E-state index contributed by atoms with van der Waals surface area (Å²) >= 11 is 1.31. The molecule has 3 aromatic rings. The second-order valence-electron chi connectivity index (χ2n) is 6.68. The normalized spacial score (nSPS) is 15.6. The number of aryl methyl sites for hydroxylation is 1. The average Bonchev–Trinajstić information content (AvgIpc) is 3.36. The van der Waals surface area contributed by atoms with Gasteiger partial charge in [-0.2, -0.15) is 4.98 Å². The van der Waals surface area contributed by atoms with Crippen LogP contribution in [0, 0.1) is 6.92 Å². The van der Waals surface area contributed by atoms with Crippen molar-refractivity contribution in [2.75, 3.05) is 38.0 Å². The van der Waals surface area contributed by atoms with Crippen LogP contribution in [0.3, 0.4) is 0 Å². The van der Waals surface area contributed by atoms with E-state index in [9.17, 15) is 4.79 Å². The summed E-state index contributed by atoms with van der Waals surface area (Å²) in [4.78, 5) is 21.0. The molecule has 146 valence electrons. The molecule has 0 atom stereocenters. The van der Waals surface area contributed by atoms with Gasteiger partial charge < -0.3 is 4.52 Å². The number of benzene rings is 1. The maximum Gasteiger partial charge on any atom is 0.258 e. The number of carbonyl (C=O) groups excluding carboxylic acids is 1. The predicted molar refractivity (Wildman–Crippen MR) is 105 cm³/mol. The number of carbonyl (C=O) groups is 1. The Bertz CT molecular complexity index is 920. The number of anilines is 1. The monoisotopic (exact) mass is 399 g/mol. The predicted octanol–water partition coefficient (Wildman–Crippen LogP) is 1.65. The van der Waals surface area contributed by atoms with Gasteiger partial charge in [0.1, 0.15) is 5.51 Å². The number of aromatic nitrogens is 4. The van der Waals surface area contributed by atoms with Gasteiger partial charge in [-0.1, -0.05) is 34.7 Å². The summed E-state index contributed by atoms with van der Waals surface area (Å²) in [5.74, 6) is 1.17. The van der Waals surface area contributed by atoms with Gasteiger partial charge in [0.2, 0.25) is 11.0 Å². The summed E-state index contributed by atoms with van der Waals surface area (Å²) in [6.07, 6.45) is 0. The van der Waals surface area contributed by atoms with Crippen molar-refractivity contribution in [1.82, 2.24) is 30.1 Å². The Labute approximate surface area is 166 Å². The molecule has 0 saturated carbocycles. The summed E-state index contributed by atoms with van der Waals surface area (Å²) in [5, 5.41) is 14.9. The molecular weight excluding hydrogens is 378 g/mol. The SMILES string of the molecule is Cc1ccccc1-c1nc(CN2CCN(CC(=O)Nc3nncs3)CC2)no1. The molecular formula is C18H21N7O2S. The van der Waals surface area contributed by atoms with Crippen LogP contribution in [0.4, 0.5) is 5.13 Å². The molecule has 28 heavy (non-hydrogen) atoms. The van der Waals surface area contributed by atoms with Crippen molar-refractivity contribution >= 4 is 22.4 Å². The summed E-state index contributed by atoms with van der Waals surface area (Å²) in [5.41, 5.74) is 3.67. The van der Waals surface area contributed by atoms with Crippen molar-refractivity contribution < 1.29 is 9.32 Å². The fourth-order valence-electron chi connectivity index (χ4n) is 3.14. The standard InChI is InChI=1S/C18H21N7O2S/c1-13-4-2-3-5-14(13)17-20-15(23-27-17)10-24-6-8-25(9-7-24)11-16(26)21-18-22-19-12-28-18/h2-5,12H,6-11H2,1H3,(H,21,22,26). The van der Waals surface area contributed by atoms with Gasteiger partial charge >= 0.3 is 0 Å². The van der Waals surface area contributed by atoms with E-state index < -0.39 is 0 Å². The molecule has 1 fully saturated rings. The molecule has 1 N–H and O–H groups in total. The fraction of sp³-hybridized carbons (Fsp3) is 0.389. The van der Waals surface area contributed by atoms with Gasteiger partial charge in [-0.3, -0.25) is 19.9 Å². The lowest BCUT2D eigenvalue weighted by Gasteiger charge is -2.33. The highest BCUT2D eigenvalue weighted by Gasteiger charge is 2.21. The van der Waals surface area contributed by atoms with E-state index in [0.717, 1.165) is 37.3 Å². The number of amides is 1. The highest BCUT2D eigenvalue weighted by atomic mass is 32.1. The van der Waals surface area contributed by atoms with Crippen molar-refractivity contribution in [3.8, 4) is 11.5 Å². The maximum atomic E-state index is 12.1. The van der Waals surface area contributed by atoms with Gasteiger partial charge in [-0.25, -0.2) is 0 Å². The topological polar surface area (TPSA) is 100 Å². The highest BCUT2D eigenvalue weighted by molar-refractivity contribution is 7.13. The van der Waals surface area contributed by atoms with Crippen LogP contribution in [0.25, 0.3) is 11.5 Å². The first-order valence-electron chi connectivity index (χ1n) is 9.07. The number of piperazine rings is 1. The minimum atomic E-state index is -0.0637. The van der Waals surface area contributed by atoms with Crippen LogP contribution in [0.15, 0.2) is 34.3 Å². The van der Waals surface area contributed by atoms with E-state index in [-0.39, 0.29) is 5.91 Å². The summed E-state index contributed by atoms with van der Waals surface area (Å²) < 4.78 is 5.44. The number of nitrogens with one attached hydrogen (secondary N) is 1. The maximum absolute atomic E-state index is 12.1. The van der Waals surface area contributed by atoms with Gasteiger partial charge in [0.15, 0.2) is 5.82 Å². The van der Waals surface area contributed by atoms with Crippen molar-refractivity contribution in [2.24, 2.45) is 0 Å². The third-order valence-electron chi connectivity index (χ3n) is 4.65. The summed E-state index contributed by atoms with van der Waals surface area (Å²) in [6.45, 7) is 6.34. The fourth-order valence-corrected chi connectivity index (χ4v) is 3.60. The van der Waals surface area contributed by atoms with E-state index in [0.29, 0.717) is 29.9 Å². The zero-order chi connectivity index (χ0) is 19.3. The van der Waals surface area contributed by atoms with Gasteiger partial charge in [-0.15, -0.1) is 10.2 Å². The second-order valence-corrected chi connectivity index (χ2v) is 7.51. The van der Waals surface area contributed by atoms with E-state index in [2.05, 4.69) is 35.5 Å². The Morgan fingerprint density at radius 1 is 1.21 bits per heavy atom. The van der Waals surface area contributed by atoms with Crippen molar-refractivity contribution in [3.05, 3.63) is 41.2 Å². The Kier molecular flexibility index (Phi) is 5.70. The molecule has 10 heteroatoms. The molecule has 3 heterocycles. The van der Waals surface area contributed by atoms with Crippen LogP contribution in [-0.2, 0) is 11.3 Å². The van der Waals surface area contributed by atoms with Crippen molar-refractivity contribution in [1.29, 1.82) is 0 Å². The first-order valence-corrected chi connectivity index (χ1v) is 9.94. The lowest BCUT2D eigenvalue weighted by atomic mass is 10.1. The first-order chi connectivity index (χ1) is 13.7. The van der Waals surface area contributed by atoms with Crippen LogP contribution < -0.4 is 5.32 Å². The number of hydrogen-bond donors (Lipinski definition) is 1. The number of rotatable bonds is 6.